The molecule has 0 aliphatic carbocycles. The average Bonchev–Trinajstić information content (AvgIpc) is 2.44. The molecule has 5 heteroatoms. The summed E-state index contributed by atoms with van der Waals surface area (Å²) in [5.41, 5.74) is 0.614. The van der Waals surface area contributed by atoms with Gasteiger partial charge in [0, 0.05) is 25.2 Å². The predicted octanol–water partition coefficient (Wildman–Crippen LogP) is 1.21. The van der Waals surface area contributed by atoms with Crippen LogP contribution in [-0.4, -0.2) is 56.1 Å². The molecule has 1 saturated heterocycles. The number of aliphatic hydroxyl groups is 1. The Labute approximate surface area is 112 Å². The van der Waals surface area contributed by atoms with E-state index < -0.39 is 0 Å². The largest absolute Gasteiger partial charge is 0.394 e. The van der Waals surface area contributed by atoms with Crippen molar-refractivity contribution < 1.29 is 19.0 Å². The van der Waals surface area contributed by atoms with Gasteiger partial charge in [0.2, 0.25) is 0 Å². The maximum Gasteiger partial charge on any atom is 0.129 e. The van der Waals surface area contributed by atoms with Gasteiger partial charge in [0.15, 0.2) is 0 Å². The van der Waals surface area contributed by atoms with Crippen molar-refractivity contribution in [3.8, 4) is 0 Å². The van der Waals surface area contributed by atoms with Crippen molar-refractivity contribution >= 4 is 0 Å². The summed E-state index contributed by atoms with van der Waals surface area (Å²) in [6, 6.07) is 6.74. The number of halogens is 1. The molecule has 0 bridgehead atoms. The van der Waals surface area contributed by atoms with Gasteiger partial charge in [0.05, 0.1) is 32.5 Å². The fourth-order valence-corrected chi connectivity index (χ4v) is 2.19. The molecule has 106 valence electrons. The molecule has 1 aliphatic heterocycles. The van der Waals surface area contributed by atoms with Crippen LogP contribution in [0.15, 0.2) is 24.3 Å². The van der Waals surface area contributed by atoms with Gasteiger partial charge in [0.25, 0.3) is 0 Å². The summed E-state index contributed by atoms with van der Waals surface area (Å²) in [4.78, 5) is 2.19. The van der Waals surface area contributed by atoms with Crippen molar-refractivity contribution in [3.63, 3.8) is 0 Å². The van der Waals surface area contributed by atoms with Crippen molar-refractivity contribution in [2.45, 2.75) is 6.10 Å². The summed E-state index contributed by atoms with van der Waals surface area (Å²) in [5, 5.41) is 8.62. The average molecular weight is 269 g/mol. The van der Waals surface area contributed by atoms with E-state index in [0.717, 1.165) is 13.1 Å². The number of hydrogen-bond donors (Lipinski definition) is 1. The lowest BCUT2D eigenvalue weighted by Gasteiger charge is -2.33. The Morgan fingerprint density at radius 1 is 1.37 bits per heavy atom. The fraction of sp³-hybridized carbons (Fsp3) is 0.571. The van der Waals surface area contributed by atoms with Crippen LogP contribution in [0.3, 0.4) is 0 Å². The Morgan fingerprint density at radius 3 is 3.00 bits per heavy atom. The molecule has 1 aromatic rings. The minimum absolute atomic E-state index is 0.0426. The molecule has 1 heterocycles. The maximum atomic E-state index is 13.7. The van der Waals surface area contributed by atoms with Crippen LogP contribution in [0.5, 0.6) is 0 Å². The quantitative estimate of drug-likeness (QED) is 0.788. The molecule has 1 N–H and O–H groups in total. The Hall–Kier alpha value is -1.01. The summed E-state index contributed by atoms with van der Waals surface area (Å²) >= 11 is 0. The molecular weight excluding hydrogens is 249 g/mol. The van der Waals surface area contributed by atoms with Crippen LogP contribution >= 0.6 is 0 Å². The number of morpholine rings is 1. The van der Waals surface area contributed by atoms with Crippen LogP contribution in [0.25, 0.3) is 0 Å². The molecular formula is C14H20FNO3. The third kappa shape index (κ3) is 4.24. The first-order valence-electron chi connectivity index (χ1n) is 6.58. The van der Waals surface area contributed by atoms with Gasteiger partial charge < -0.3 is 14.6 Å². The normalized spacial score (nSPS) is 20.6. The Bertz CT molecular complexity index is 389. The van der Waals surface area contributed by atoms with E-state index in [2.05, 4.69) is 4.90 Å². The number of benzene rings is 1. The van der Waals surface area contributed by atoms with Crippen molar-refractivity contribution in [2.24, 2.45) is 0 Å². The Balaban J connectivity index is 1.85. The third-order valence-electron chi connectivity index (χ3n) is 3.19. The van der Waals surface area contributed by atoms with Crippen molar-refractivity contribution in [3.05, 3.63) is 35.6 Å². The van der Waals surface area contributed by atoms with Crippen LogP contribution in [0.2, 0.25) is 0 Å². The van der Waals surface area contributed by atoms with Crippen LogP contribution in [0.1, 0.15) is 11.7 Å². The van der Waals surface area contributed by atoms with E-state index in [1.54, 1.807) is 12.1 Å². The number of hydrogen-bond acceptors (Lipinski definition) is 4. The summed E-state index contributed by atoms with van der Waals surface area (Å²) in [5.74, 6) is -0.217. The first kappa shape index (κ1) is 14.4. The molecule has 19 heavy (non-hydrogen) atoms. The molecule has 0 aromatic heterocycles. The van der Waals surface area contributed by atoms with Crippen molar-refractivity contribution in [2.75, 3.05) is 46.1 Å². The van der Waals surface area contributed by atoms with Gasteiger partial charge in [-0.25, -0.2) is 4.39 Å². The van der Waals surface area contributed by atoms with Crippen LogP contribution in [-0.2, 0) is 9.47 Å². The second kappa shape index (κ2) is 7.55. The lowest BCUT2D eigenvalue weighted by Crippen LogP contribution is -2.40. The molecule has 2 rings (SSSR count). The molecule has 0 spiro atoms. The van der Waals surface area contributed by atoms with Crippen LogP contribution in [0.4, 0.5) is 4.39 Å². The molecule has 4 nitrogen and oxygen atoms in total. The second-order valence-electron chi connectivity index (χ2n) is 4.52. The highest BCUT2D eigenvalue weighted by molar-refractivity contribution is 5.20. The predicted molar refractivity (Wildman–Crippen MR) is 69.4 cm³/mol. The minimum atomic E-state index is -0.217. The smallest absolute Gasteiger partial charge is 0.129 e. The van der Waals surface area contributed by atoms with E-state index >= 15 is 0 Å². The molecule has 1 aromatic carbocycles. The van der Waals surface area contributed by atoms with Crippen LogP contribution < -0.4 is 0 Å². The first-order chi connectivity index (χ1) is 9.31. The van der Waals surface area contributed by atoms with E-state index in [0.29, 0.717) is 31.9 Å². The molecule has 1 atom stereocenters. The number of aliphatic hydroxyl groups excluding tert-OH is 1. The Kier molecular flexibility index (Phi) is 5.72. The highest BCUT2D eigenvalue weighted by Crippen LogP contribution is 2.24. The van der Waals surface area contributed by atoms with E-state index in [9.17, 15) is 4.39 Å². The van der Waals surface area contributed by atoms with Gasteiger partial charge in [-0.05, 0) is 6.07 Å². The summed E-state index contributed by atoms with van der Waals surface area (Å²) in [6.07, 6.45) is -0.215. The molecule has 1 unspecified atom stereocenters. The van der Waals surface area contributed by atoms with E-state index in [1.807, 2.05) is 6.07 Å². The van der Waals surface area contributed by atoms with Gasteiger partial charge in [-0.15, -0.1) is 0 Å². The van der Waals surface area contributed by atoms with Crippen LogP contribution in [0, 0.1) is 5.82 Å². The standard InChI is InChI=1S/C14H20FNO3/c15-13-4-2-1-3-12(13)14-11-16(6-9-19-14)5-8-18-10-7-17/h1-4,14,17H,5-11H2. The summed E-state index contributed by atoms with van der Waals surface area (Å²) < 4.78 is 24.6. The number of rotatable bonds is 6. The van der Waals surface area contributed by atoms with Gasteiger partial charge >= 0.3 is 0 Å². The van der Waals surface area contributed by atoms with Gasteiger partial charge in [-0.1, -0.05) is 18.2 Å². The van der Waals surface area contributed by atoms with Gasteiger partial charge in [0.1, 0.15) is 5.82 Å². The lowest BCUT2D eigenvalue weighted by atomic mass is 10.1. The zero-order chi connectivity index (χ0) is 13.5. The van der Waals surface area contributed by atoms with Crippen molar-refractivity contribution in [1.82, 2.24) is 4.90 Å². The molecule has 1 aliphatic rings. The highest BCUT2D eigenvalue weighted by Gasteiger charge is 2.23. The van der Waals surface area contributed by atoms with Gasteiger partial charge in [-0.2, -0.15) is 0 Å². The minimum Gasteiger partial charge on any atom is -0.394 e. The van der Waals surface area contributed by atoms with Crippen molar-refractivity contribution in [1.29, 1.82) is 0 Å². The lowest BCUT2D eigenvalue weighted by molar-refractivity contribution is -0.0402. The zero-order valence-corrected chi connectivity index (χ0v) is 10.9. The SMILES string of the molecule is OCCOCCN1CCOC(c2ccccc2F)C1. The van der Waals surface area contributed by atoms with E-state index in [-0.39, 0.29) is 18.5 Å². The molecule has 1 fully saturated rings. The van der Waals surface area contributed by atoms with E-state index in [1.165, 1.54) is 6.07 Å². The first-order valence-corrected chi connectivity index (χ1v) is 6.58. The molecule has 0 amide bonds. The monoisotopic (exact) mass is 269 g/mol. The molecule has 0 saturated carbocycles. The fourth-order valence-electron chi connectivity index (χ4n) is 2.19. The second-order valence-corrected chi connectivity index (χ2v) is 4.52. The topological polar surface area (TPSA) is 41.9 Å². The van der Waals surface area contributed by atoms with E-state index in [4.69, 9.17) is 14.6 Å². The maximum absolute atomic E-state index is 13.7. The molecule has 0 radical (unpaired) electrons. The third-order valence-corrected chi connectivity index (χ3v) is 3.19. The van der Waals surface area contributed by atoms with Gasteiger partial charge in [-0.3, -0.25) is 4.90 Å². The summed E-state index contributed by atoms with van der Waals surface area (Å²) in [6.45, 7) is 3.84. The Morgan fingerprint density at radius 2 is 2.21 bits per heavy atom. The summed E-state index contributed by atoms with van der Waals surface area (Å²) in [7, 11) is 0. The highest BCUT2D eigenvalue weighted by atomic mass is 19.1. The number of nitrogens with zero attached hydrogens (tertiary/aromatic N) is 1. The number of ether oxygens (including phenoxy) is 2. The zero-order valence-electron chi connectivity index (χ0n) is 10.9.